The summed E-state index contributed by atoms with van der Waals surface area (Å²) in [6, 6.07) is 15.0. The van der Waals surface area contributed by atoms with Crippen molar-refractivity contribution >= 4 is 28.8 Å². The van der Waals surface area contributed by atoms with Crippen LogP contribution in [0.2, 0.25) is 0 Å². The first kappa shape index (κ1) is 24.1. The van der Waals surface area contributed by atoms with Crippen LogP contribution < -0.4 is 10.2 Å². The van der Waals surface area contributed by atoms with Gasteiger partial charge in [-0.1, -0.05) is 57.4 Å². The van der Waals surface area contributed by atoms with Gasteiger partial charge in [-0.25, -0.2) is 0 Å². The molecule has 0 unspecified atom stereocenters. The molecule has 6 heteroatoms. The Balaban J connectivity index is 1.72. The van der Waals surface area contributed by atoms with E-state index in [9.17, 15) is 9.59 Å². The van der Waals surface area contributed by atoms with Crippen LogP contribution >= 0.6 is 11.3 Å². The Hall–Kier alpha value is -2.99. The lowest BCUT2D eigenvalue weighted by atomic mass is 9.94. The van der Waals surface area contributed by atoms with Gasteiger partial charge in [-0.3, -0.25) is 19.5 Å². The molecule has 2 amide bonds. The molecule has 1 aliphatic rings. The minimum absolute atomic E-state index is 0.104. The Kier molecular flexibility index (Phi) is 8.12. The van der Waals surface area contributed by atoms with Gasteiger partial charge >= 0.3 is 0 Å². The van der Waals surface area contributed by atoms with E-state index in [0.717, 1.165) is 36.2 Å². The minimum Gasteiger partial charge on any atom is -0.351 e. The number of hydrogen-bond acceptors (Lipinski definition) is 4. The third-order valence-electron chi connectivity index (χ3n) is 6.47. The third kappa shape index (κ3) is 5.92. The number of pyridine rings is 1. The lowest BCUT2D eigenvalue weighted by Gasteiger charge is -2.33. The van der Waals surface area contributed by atoms with Gasteiger partial charge in [-0.15, -0.1) is 11.3 Å². The highest BCUT2D eigenvalue weighted by atomic mass is 32.1. The molecule has 4 rings (SSSR count). The first-order valence-electron chi connectivity index (χ1n) is 12.2. The maximum Gasteiger partial charge on any atom is 0.248 e. The maximum atomic E-state index is 13.8. The lowest BCUT2D eigenvalue weighted by Crippen LogP contribution is -2.47. The largest absolute Gasteiger partial charge is 0.351 e. The monoisotopic (exact) mass is 475 g/mol. The summed E-state index contributed by atoms with van der Waals surface area (Å²) in [6.07, 6.45) is 9.06. The second-order valence-corrected chi connectivity index (χ2v) is 10.3. The summed E-state index contributed by atoms with van der Waals surface area (Å²) < 4.78 is 0. The number of nitrogens with one attached hydrogen (secondary N) is 1. The molecule has 1 atom stereocenters. The number of carbonyl (C=O) groups is 2. The smallest absolute Gasteiger partial charge is 0.248 e. The summed E-state index contributed by atoms with van der Waals surface area (Å²) in [6.45, 7) is 4.29. The molecule has 0 spiro atoms. The molecule has 0 radical (unpaired) electrons. The molecule has 34 heavy (non-hydrogen) atoms. The van der Waals surface area contributed by atoms with Crippen molar-refractivity contribution in [3.8, 4) is 0 Å². The SMILES string of the molecule is CC(C)c1ccc(N(C(=O)Cc2cccs2)[C@H](C(=O)NC2CCCCC2)c2cccnc2)cc1. The van der Waals surface area contributed by atoms with Gasteiger partial charge in [0.05, 0.1) is 6.42 Å². The van der Waals surface area contributed by atoms with Crippen LogP contribution in [-0.4, -0.2) is 22.8 Å². The third-order valence-corrected chi connectivity index (χ3v) is 7.35. The number of hydrogen-bond donors (Lipinski definition) is 1. The predicted molar refractivity (Wildman–Crippen MR) is 138 cm³/mol. The van der Waals surface area contributed by atoms with Crippen LogP contribution in [0.25, 0.3) is 0 Å². The molecule has 1 aromatic carbocycles. The Morgan fingerprint density at radius 3 is 2.41 bits per heavy atom. The normalized spacial score (nSPS) is 15.1. The van der Waals surface area contributed by atoms with Gasteiger partial charge in [0.2, 0.25) is 11.8 Å². The molecule has 0 aliphatic heterocycles. The molecule has 2 aromatic heterocycles. The van der Waals surface area contributed by atoms with Crippen LogP contribution in [0.4, 0.5) is 5.69 Å². The number of rotatable bonds is 8. The number of thiophene rings is 1. The molecule has 1 saturated carbocycles. The molecule has 0 bridgehead atoms. The Morgan fingerprint density at radius 1 is 1.03 bits per heavy atom. The van der Waals surface area contributed by atoms with E-state index in [1.165, 1.54) is 12.0 Å². The first-order chi connectivity index (χ1) is 16.5. The van der Waals surface area contributed by atoms with Gasteiger partial charge in [0, 0.05) is 34.6 Å². The average Bonchev–Trinajstić information content (AvgIpc) is 3.36. The highest BCUT2D eigenvalue weighted by Crippen LogP contribution is 2.31. The molecular weight excluding hydrogens is 442 g/mol. The van der Waals surface area contributed by atoms with Gasteiger partial charge in [-0.05, 0) is 54.0 Å². The Labute approximate surface area is 206 Å². The van der Waals surface area contributed by atoms with Gasteiger partial charge < -0.3 is 5.32 Å². The van der Waals surface area contributed by atoms with Crippen molar-refractivity contribution in [3.63, 3.8) is 0 Å². The van der Waals surface area contributed by atoms with Crippen molar-refractivity contribution < 1.29 is 9.59 Å². The predicted octanol–water partition coefficient (Wildman–Crippen LogP) is 6.03. The summed E-state index contributed by atoms with van der Waals surface area (Å²) in [4.78, 5) is 34.5. The van der Waals surface area contributed by atoms with E-state index in [1.54, 1.807) is 28.6 Å². The van der Waals surface area contributed by atoms with Gasteiger partial charge in [0.15, 0.2) is 0 Å². The van der Waals surface area contributed by atoms with Crippen molar-refractivity contribution in [2.24, 2.45) is 0 Å². The number of anilines is 1. The van der Waals surface area contributed by atoms with Crippen LogP contribution in [0.1, 0.15) is 73.9 Å². The van der Waals surface area contributed by atoms with E-state index < -0.39 is 6.04 Å². The summed E-state index contributed by atoms with van der Waals surface area (Å²) in [7, 11) is 0. The molecule has 0 saturated heterocycles. The van der Waals surface area contributed by atoms with E-state index in [-0.39, 0.29) is 24.3 Å². The van der Waals surface area contributed by atoms with Crippen LogP contribution in [-0.2, 0) is 16.0 Å². The van der Waals surface area contributed by atoms with Crippen LogP contribution in [0.3, 0.4) is 0 Å². The lowest BCUT2D eigenvalue weighted by molar-refractivity contribution is -0.127. The van der Waals surface area contributed by atoms with Crippen molar-refractivity contribution in [2.45, 2.75) is 70.4 Å². The van der Waals surface area contributed by atoms with E-state index >= 15 is 0 Å². The fourth-order valence-corrected chi connectivity index (χ4v) is 5.28. The summed E-state index contributed by atoms with van der Waals surface area (Å²) in [5.41, 5.74) is 2.63. The van der Waals surface area contributed by atoms with E-state index in [0.29, 0.717) is 11.5 Å². The summed E-state index contributed by atoms with van der Waals surface area (Å²) in [5.74, 6) is 0.132. The topological polar surface area (TPSA) is 62.3 Å². The zero-order valence-electron chi connectivity index (χ0n) is 19.9. The molecule has 1 aliphatic carbocycles. The van der Waals surface area contributed by atoms with Crippen molar-refractivity contribution in [1.29, 1.82) is 0 Å². The van der Waals surface area contributed by atoms with E-state index in [2.05, 4.69) is 24.1 Å². The number of nitrogens with zero attached hydrogens (tertiary/aromatic N) is 2. The highest BCUT2D eigenvalue weighted by molar-refractivity contribution is 7.10. The maximum absolute atomic E-state index is 13.8. The van der Waals surface area contributed by atoms with Gasteiger partial charge in [-0.2, -0.15) is 0 Å². The van der Waals surface area contributed by atoms with Crippen LogP contribution in [0.15, 0.2) is 66.3 Å². The van der Waals surface area contributed by atoms with Crippen molar-refractivity contribution in [2.75, 3.05) is 4.90 Å². The standard InChI is InChI=1S/C28H33N3O2S/c1-20(2)21-12-14-24(15-13-21)31(26(32)18-25-11-7-17-34-25)27(22-8-6-16-29-19-22)28(33)30-23-9-4-3-5-10-23/h6-8,11-17,19-20,23,27H,3-5,9-10,18H2,1-2H3,(H,30,33)/t27-/m0/s1. The number of carbonyl (C=O) groups excluding carboxylic acids is 2. The Bertz CT molecular complexity index is 1060. The Morgan fingerprint density at radius 2 is 1.79 bits per heavy atom. The summed E-state index contributed by atoms with van der Waals surface area (Å²) >= 11 is 1.55. The first-order valence-corrected chi connectivity index (χ1v) is 13.1. The van der Waals surface area contributed by atoms with E-state index in [1.807, 2.05) is 53.9 Å². The fourth-order valence-electron chi connectivity index (χ4n) is 4.59. The second kappa shape index (κ2) is 11.4. The van der Waals surface area contributed by atoms with Crippen molar-refractivity contribution in [1.82, 2.24) is 10.3 Å². The molecule has 3 aromatic rings. The van der Waals surface area contributed by atoms with Crippen LogP contribution in [0, 0.1) is 0 Å². The van der Waals surface area contributed by atoms with Gasteiger partial charge in [0.25, 0.3) is 0 Å². The molecular formula is C28H33N3O2S. The van der Waals surface area contributed by atoms with Crippen LogP contribution in [0.5, 0.6) is 0 Å². The molecule has 1 N–H and O–H groups in total. The van der Waals surface area contributed by atoms with E-state index in [4.69, 9.17) is 0 Å². The zero-order chi connectivity index (χ0) is 23.9. The molecule has 178 valence electrons. The van der Waals surface area contributed by atoms with Crippen molar-refractivity contribution in [3.05, 3.63) is 82.3 Å². The number of amides is 2. The quantitative estimate of drug-likeness (QED) is 0.432. The fraction of sp³-hybridized carbons (Fsp3) is 0.393. The minimum atomic E-state index is -0.784. The second-order valence-electron chi connectivity index (χ2n) is 9.30. The summed E-state index contributed by atoms with van der Waals surface area (Å²) in [5, 5.41) is 5.22. The average molecular weight is 476 g/mol. The molecule has 5 nitrogen and oxygen atoms in total. The van der Waals surface area contributed by atoms with Gasteiger partial charge in [0.1, 0.15) is 6.04 Å². The molecule has 2 heterocycles. The zero-order valence-corrected chi connectivity index (χ0v) is 20.8. The number of aromatic nitrogens is 1. The number of benzene rings is 1. The highest BCUT2D eigenvalue weighted by Gasteiger charge is 2.34. The molecule has 1 fully saturated rings.